The first-order valence-electron chi connectivity index (χ1n) is 6.56. The maximum absolute atomic E-state index is 13.5. The van der Waals surface area contributed by atoms with Gasteiger partial charge in [-0.05, 0) is 52.7 Å². The highest BCUT2D eigenvalue weighted by Crippen LogP contribution is 2.44. The lowest BCUT2D eigenvalue weighted by Gasteiger charge is -2.32. The Morgan fingerprint density at radius 2 is 2.15 bits per heavy atom. The van der Waals surface area contributed by atoms with E-state index >= 15 is 0 Å². The first kappa shape index (κ1) is 14.5. The summed E-state index contributed by atoms with van der Waals surface area (Å²) in [6.07, 6.45) is 1.05. The molecule has 2 atom stereocenters. The van der Waals surface area contributed by atoms with E-state index in [0.717, 1.165) is 33.9 Å². The molecule has 1 fully saturated rings. The molecule has 3 rings (SSSR count). The summed E-state index contributed by atoms with van der Waals surface area (Å²) in [6.45, 7) is 1.87. The van der Waals surface area contributed by atoms with Crippen molar-refractivity contribution in [2.75, 3.05) is 13.1 Å². The Bertz CT molecular complexity index is 596. The van der Waals surface area contributed by atoms with Crippen LogP contribution in [-0.2, 0) is 0 Å². The summed E-state index contributed by atoms with van der Waals surface area (Å²) in [5.41, 5.74) is 1.06. The first-order valence-corrected chi connectivity index (χ1v) is 8.55. The molecule has 1 aliphatic heterocycles. The molecule has 0 bridgehead atoms. The average Bonchev–Trinajstić information content (AvgIpc) is 2.79. The van der Waals surface area contributed by atoms with Crippen molar-refractivity contribution < 1.29 is 4.39 Å². The molecular weight excluding hydrogens is 361 g/mol. The van der Waals surface area contributed by atoms with Gasteiger partial charge >= 0.3 is 0 Å². The van der Waals surface area contributed by atoms with Gasteiger partial charge in [0, 0.05) is 27.7 Å². The van der Waals surface area contributed by atoms with Crippen LogP contribution in [0.2, 0.25) is 4.34 Å². The van der Waals surface area contributed by atoms with Crippen LogP contribution in [0.25, 0.3) is 0 Å². The molecule has 2 unspecified atom stereocenters. The summed E-state index contributed by atoms with van der Waals surface area (Å²) in [5.74, 6) is 0.519. The molecule has 5 heteroatoms. The van der Waals surface area contributed by atoms with Gasteiger partial charge in [0.15, 0.2) is 0 Å². The number of piperidine rings is 1. The van der Waals surface area contributed by atoms with Gasteiger partial charge in [-0.1, -0.05) is 23.7 Å². The third-order valence-corrected chi connectivity index (χ3v) is 6.40. The summed E-state index contributed by atoms with van der Waals surface area (Å²) < 4.78 is 15.2. The van der Waals surface area contributed by atoms with E-state index in [1.165, 1.54) is 10.9 Å². The Morgan fingerprint density at radius 3 is 2.85 bits per heavy atom. The zero-order valence-corrected chi connectivity index (χ0v) is 13.9. The van der Waals surface area contributed by atoms with Crippen molar-refractivity contribution in [1.82, 2.24) is 5.32 Å². The maximum atomic E-state index is 13.5. The van der Waals surface area contributed by atoms with E-state index in [1.54, 1.807) is 23.5 Å². The zero-order chi connectivity index (χ0) is 14.1. The van der Waals surface area contributed by atoms with E-state index in [2.05, 4.69) is 27.3 Å². The van der Waals surface area contributed by atoms with Crippen LogP contribution >= 0.6 is 38.9 Å². The quantitative estimate of drug-likeness (QED) is 0.765. The predicted molar refractivity (Wildman–Crippen MR) is 86.4 cm³/mol. The molecule has 1 N–H and O–H groups in total. The van der Waals surface area contributed by atoms with Crippen LogP contribution in [-0.4, -0.2) is 13.1 Å². The van der Waals surface area contributed by atoms with Crippen molar-refractivity contribution in [2.24, 2.45) is 0 Å². The molecule has 2 heterocycles. The normalized spacial score (nSPS) is 22.9. The molecule has 1 nitrogen and oxygen atoms in total. The van der Waals surface area contributed by atoms with Crippen LogP contribution in [0, 0.1) is 5.82 Å². The van der Waals surface area contributed by atoms with E-state index in [4.69, 9.17) is 11.6 Å². The third kappa shape index (κ3) is 2.93. The van der Waals surface area contributed by atoms with Crippen LogP contribution in [0.1, 0.15) is 28.7 Å². The lowest BCUT2D eigenvalue weighted by atomic mass is 9.80. The highest BCUT2D eigenvalue weighted by molar-refractivity contribution is 9.10. The van der Waals surface area contributed by atoms with Gasteiger partial charge in [0.1, 0.15) is 10.2 Å². The molecule has 0 spiro atoms. The van der Waals surface area contributed by atoms with Gasteiger partial charge in [0.05, 0.1) is 0 Å². The van der Waals surface area contributed by atoms with E-state index in [0.29, 0.717) is 11.8 Å². The summed E-state index contributed by atoms with van der Waals surface area (Å²) in [7, 11) is 0. The summed E-state index contributed by atoms with van der Waals surface area (Å²) in [6, 6.07) is 9.04. The van der Waals surface area contributed by atoms with E-state index in [9.17, 15) is 4.39 Å². The fourth-order valence-electron chi connectivity index (χ4n) is 2.83. The summed E-state index contributed by atoms with van der Waals surface area (Å²) >= 11 is 11.3. The number of nitrogens with one attached hydrogen (secondary N) is 1. The van der Waals surface area contributed by atoms with Crippen LogP contribution in [0.4, 0.5) is 4.39 Å². The van der Waals surface area contributed by atoms with Gasteiger partial charge < -0.3 is 5.32 Å². The molecule has 106 valence electrons. The third-order valence-electron chi connectivity index (χ3n) is 3.79. The minimum absolute atomic E-state index is 0.169. The molecule has 1 aromatic heterocycles. The molecule has 1 aliphatic rings. The van der Waals surface area contributed by atoms with Crippen LogP contribution < -0.4 is 5.32 Å². The minimum atomic E-state index is -0.169. The number of hydrogen-bond donors (Lipinski definition) is 1. The summed E-state index contributed by atoms with van der Waals surface area (Å²) in [5, 5.41) is 3.41. The van der Waals surface area contributed by atoms with Crippen molar-refractivity contribution in [1.29, 1.82) is 0 Å². The standard InChI is InChI=1S/C15H14BrClFNS/c16-13-7-14(20-15(13)17)11-4-5-19-8-12(11)9-2-1-3-10(18)6-9/h1-3,6-7,11-12,19H,4-5,8H2. The van der Waals surface area contributed by atoms with Crippen molar-refractivity contribution in [3.8, 4) is 0 Å². The Balaban J connectivity index is 1.95. The molecule has 0 aliphatic carbocycles. The topological polar surface area (TPSA) is 12.0 Å². The number of rotatable bonds is 2. The molecule has 1 saturated heterocycles. The number of thiophene rings is 1. The zero-order valence-electron chi connectivity index (χ0n) is 10.7. The highest BCUT2D eigenvalue weighted by Gasteiger charge is 2.29. The van der Waals surface area contributed by atoms with Crippen molar-refractivity contribution in [3.63, 3.8) is 0 Å². The first-order chi connectivity index (χ1) is 9.65. The van der Waals surface area contributed by atoms with Crippen LogP contribution in [0.5, 0.6) is 0 Å². The van der Waals surface area contributed by atoms with Gasteiger partial charge in [-0.3, -0.25) is 0 Å². The fraction of sp³-hybridized carbons (Fsp3) is 0.333. The monoisotopic (exact) mass is 373 g/mol. The van der Waals surface area contributed by atoms with Gasteiger partial charge in [-0.25, -0.2) is 4.39 Å². The van der Waals surface area contributed by atoms with Gasteiger partial charge in [-0.15, -0.1) is 11.3 Å². The van der Waals surface area contributed by atoms with Gasteiger partial charge in [0.25, 0.3) is 0 Å². The highest BCUT2D eigenvalue weighted by atomic mass is 79.9. The van der Waals surface area contributed by atoms with Crippen LogP contribution in [0.15, 0.2) is 34.8 Å². The average molecular weight is 375 g/mol. The molecule has 0 amide bonds. The molecule has 1 aromatic carbocycles. The largest absolute Gasteiger partial charge is 0.316 e. The number of benzene rings is 1. The van der Waals surface area contributed by atoms with E-state index in [-0.39, 0.29) is 5.82 Å². The van der Waals surface area contributed by atoms with Crippen molar-refractivity contribution >= 4 is 38.9 Å². The fourth-order valence-corrected chi connectivity index (χ4v) is 4.77. The molecule has 0 saturated carbocycles. The Kier molecular flexibility index (Phi) is 4.46. The molecule has 0 radical (unpaired) electrons. The second kappa shape index (κ2) is 6.14. The maximum Gasteiger partial charge on any atom is 0.123 e. The Hall–Kier alpha value is -0.420. The predicted octanol–water partition coefficient (Wildman–Crippen LogP) is 5.16. The molecular formula is C15H14BrClFNS. The van der Waals surface area contributed by atoms with Crippen LogP contribution in [0.3, 0.4) is 0 Å². The number of hydrogen-bond acceptors (Lipinski definition) is 2. The van der Waals surface area contributed by atoms with E-state index in [1.807, 2.05) is 6.07 Å². The second-order valence-corrected chi connectivity index (χ2v) is 7.57. The lowest BCUT2D eigenvalue weighted by molar-refractivity contribution is 0.407. The summed E-state index contributed by atoms with van der Waals surface area (Å²) in [4.78, 5) is 1.28. The van der Waals surface area contributed by atoms with Crippen molar-refractivity contribution in [3.05, 3.63) is 55.4 Å². The molecule has 2 aromatic rings. The smallest absolute Gasteiger partial charge is 0.123 e. The second-order valence-electron chi connectivity index (χ2n) is 5.03. The SMILES string of the molecule is Fc1cccc(C2CNCCC2c2cc(Br)c(Cl)s2)c1. The van der Waals surface area contributed by atoms with Gasteiger partial charge in [0.2, 0.25) is 0 Å². The van der Waals surface area contributed by atoms with E-state index < -0.39 is 0 Å². The lowest BCUT2D eigenvalue weighted by Crippen LogP contribution is -2.33. The Labute approximate surface area is 135 Å². The number of halogens is 3. The van der Waals surface area contributed by atoms with Gasteiger partial charge in [-0.2, -0.15) is 0 Å². The molecule has 20 heavy (non-hydrogen) atoms. The minimum Gasteiger partial charge on any atom is -0.316 e. The van der Waals surface area contributed by atoms with Crippen molar-refractivity contribution in [2.45, 2.75) is 18.3 Å². The Morgan fingerprint density at radius 1 is 1.30 bits per heavy atom.